The van der Waals surface area contributed by atoms with Crippen LogP contribution >= 0.6 is 58.0 Å². The Kier molecular flexibility index (Phi) is 7.39. The van der Waals surface area contributed by atoms with Crippen molar-refractivity contribution < 1.29 is 18.8 Å². The lowest BCUT2D eigenvalue weighted by molar-refractivity contribution is 0.0475. The van der Waals surface area contributed by atoms with Gasteiger partial charge in [-0.05, 0) is 42.5 Å². The maximum atomic E-state index is 12.1. The molecule has 0 fully saturated rings. The largest absolute Gasteiger partial charge is 0.483 e. The van der Waals surface area contributed by atoms with Gasteiger partial charge >= 0.3 is 5.97 Å². The van der Waals surface area contributed by atoms with Gasteiger partial charge in [-0.1, -0.05) is 63.2 Å². The van der Waals surface area contributed by atoms with Crippen LogP contribution in [0.1, 0.15) is 21.9 Å². The third-order valence-corrected chi connectivity index (χ3v) is 4.95. The first-order valence-electron chi connectivity index (χ1n) is 8.11. The number of rotatable bonds is 6. The van der Waals surface area contributed by atoms with Crippen molar-refractivity contribution in [2.45, 2.75) is 6.61 Å². The van der Waals surface area contributed by atoms with Crippen molar-refractivity contribution >= 4 is 69.8 Å². The molecule has 0 atom stereocenters. The van der Waals surface area contributed by atoms with Gasteiger partial charge < -0.3 is 19.7 Å². The molecule has 0 radical (unpaired) electrons. The molecule has 0 unspecified atom stereocenters. The first-order valence-corrected chi connectivity index (χ1v) is 10.00. The summed E-state index contributed by atoms with van der Waals surface area (Å²) in [6.07, 6.45) is 0. The van der Waals surface area contributed by atoms with Gasteiger partial charge in [0.15, 0.2) is 11.6 Å². The lowest BCUT2D eigenvalue weighted by atomic mass is 10.2. The van der Waals surface area contributed by atoms with E-state index in [0.717, 1.165) is 0 Å². The average molecular weight is 509 g/mol. The van der Waals surface area contributed by atoms with E-state index in [1.165, 1.54) is 30.3 Å². The predicted octanol–water partition coefficient (Wildman–Crippen LogP) is 6.60. The number of amidine groups is 1. The van der Waals surface area contributed by atoms with Crippen molar-refractivity contribution in [2.24, 2.45) is 10.9 Å². The fraction of sp³-hybridized carbons (Fsp3) is 0.0526. The number of halogens is 5. The van der Waals surface area contributed by atoms with Gasteiger partial charge in [0.2, 0.25) is 5.76 Å². The number of nitrogens with zero attached hydrogens (tertiary/aromatic N) is 1. The zero-order valence-corrected chi connectivity index (χ0v) is 18.6. The van der Waals surface area contributed by atoms with E-state index in [2.05, 4.69) is 5.16 Å². The van der Waals surface area contributed by atoms with E-state index in [0.29, 0.717) is 21.4 Å². The van der Waals surface area contributed by atoms with Crippen LogP contribution in [0, 0.1) is 0 Å². The number of benzene rings is 2. The summed E-state index contributed by atoms with van der Waals surface area (Å²) in [5.41, 5.74) is 6.15. The highest BCUT2D eigenvalue weighted by Crippen LogP contribution is 2.36. The molecule has 1 aromatic heterocycles. The van der Waals surface area contributed by atoms with E-state index >= 15 is 0 Å². The van der Waals surface area contributed by atoms with Crippen LogP contribution in [0.3, 0.4) is 0 Å². The molecule has 2 aromatic carbocycles. The molecule has 0 bridgehead atoms. The fourth-order valence-corrected chi connectivity index (χ4v) is 3.69. The SMILES string of the molecule is N/C(=N\OC(=O)c1ccc(COc2c(Cl)cc(Cl)cc2Cl)o1)c1ccc(Cl)cc1Cl. The number of furan rings is 1. The Labute approximate surface area is 196 Å². The molecular weight excluding hydrogens is 497 g/mol. The number of hydrogen-bond donors (Lipinski definition) is 1. The Balaban J connectivity index is 1.63. The maximum absolute atomic E-state index is 12.1. The summed E-state index contributed by atoms with van der Waals surface area (Å²) in [5, 5.41) is 5.12. The summed E-state index contributed by atoms with van der Waals surface area (Å²) in [6, 6.07) is 10.5. The van der Waals surface area contributed by atoms with Crippen LogP contribution in [0.4, 0.5) is 0 Å². The number of ether oxygens (including phenoxy) is 1. The van der Waals surface area contributed by atoms with E-state index in [-0.39, 0.29) is 39.0 Å². The minimum absolute atomic E-state index is 0.0415. The normalized spacial score (nSPS) is 11.4. The van der Waals surface area contributed by atoms with Gasteiger partial charge in [-0.25, -0.2) is 4.79 Å². The molecule has 3 rings (SSSR count). The van der Waals surface area contributed by atoms with Crippen molar-refractivity contribution in [3.05, 3.63) is 84.7 Å². The van der Waals surface area contributed by atoms with Crippen molar-refractivity contribution in [1.82, 2.24) is 0 Å². The summed E-state index contributed by atoms with van der Waals surface area (Å²) in [5.74, 6) is -0.521. The van der Waals surface area contributed by atoms with E-state index in [4.69, 9.17) is 77.7 Å². The van der Waals surface area contributed by atoms with Gasteiger partial charge in [-0.15, -0.1) is 0 Å². The number of carbonyl (C=O) groups excluding carboxylic acids is 1. The summed E-state index contributed by atoms with van der Waals surface area (Å²) in [6.45, 7) is -0.0415. The van der Waals surface area contributed by atoms with E-state index in [1.54, 1.807) is 12.1 Å². The van der Waals surface area contributed by atoms with Crippen molar-refractivity contribution in [1.29, 1.82) is 0 Å². The highest BCUT2D eigenvalue weighted by Gasteiger charge is 2.16. The second-order valence-corrected chi connectivity index (χ2v) is 7.83. The van der Waals surface area contributed by atoms with Gasteiger partial charge in [0.1, 0.15) is 12.4 Å². The number of carbonyl (C=O) groups is 1. The van der Waals surface area contributed by atoms with Gasteiger partial charge in [0, 0.05) is 15.6 Å². The highest BCUT2D eigenvalue weighted by atomic mass is 35.5. The highest BCUT2D eigenvalue weighted by molar-refractivity contribution is 6.40. The minimum atomic E-state index is -0.864. The Bertz CT molecular complexity index is 1110. The van der Waals surface area contributed by atoms with Crippen LogP contribution < -0.4 is 10.5 Å². The van der Waals surface area contributed by atoms with Crippen LogP contribution in [0.25, 0.3) is 0 Å². The second-order valence-electron chi connectivity index (χ2n) is 5.73. The van der Waals surface area contributed by atoms with E-state index < -0.39 is 5.97 Å². The molecule has 30 heavy (non-hydrogen) atoms. The predicted molar refractivity (Wildman–Crippen MR) is 117 cm³/mol. The summed E-state index contributed by atoms with van der Waals surface area (Å²) in [4.78, 5) is 16.9. The topological polar surface area (TPSA) is 87.1 Å². The quantitative estimate of drug-likeness (QED) is 0.175. The molecule has 0 saturated carbocycles. The molecular formula is C19H11Cl5N2O4. The van der Waals surface area contributed by atoms with Crippen molar-refractivity contribution in [3.8, 4) is 5.75 Å². The molecule has 0 aliphatic heterocycles. The third-order valence-electron chi connectivity index (χ3n) is 3.62. The molecule has 1 heterocycles. The van der Waals surface area contributed by atoms with Gasteiger partial charge in [-0.3, -0.25) is 0 Å². The number of nitrogens with two attached hydrogens (primary N) is 1. The monoisotopic (exact) mass is 506 g/mol. The van der Waals surface area contributed by atoms with Crippen LogP contribution in [0.15, 0.2) is 52.0 Å². The third kappa shape index (κ3) is 5.53. The van der Waals surface area contributed by atoms with Crippen LogP contribution in [0.2, 0.25) is 25.1 Å². The molecule has 6 nitrogen and oxygen atoms in total. The van der Waals surface area contributed by atoms with Crippen LogP contribution in [0.5, 0.6) is 5.75 Å². The summed E-state index contributed by atoms with van der Waals surface area (Å²) >= 11 is 29.8. The van der Waals surface area contributed by atoms with Gasteiger partial charge in [-0.2, -0.15) is 0 Å². The second kappa shape index (κ2) is 9.81. The van der Waals surface area contributed by atoms with Gasteiger partial charge in [0.05, 0.1) is 15.1 Å². The number of hydrogen-bond acceptors (Lipinski definition) is 5. The Morgan fingerprint density at radius 3 is 2.27 bits per heavy atom. The lowest BCUT2D eigenvalue weighted by Gasteiger charge is -2.08. The molecule has 0 amide bonds. The molecule has 0 aliphatic carbocycles. The maximum Gasteiger partial charge on any atom is 0.400 e. The standard InChI is InChI=1S/C19H11Cl5N2O4/c20-9-1-3-12(13(22)5-9)18(25)26-30-19(27)16-4-2-11(29-16)8-28-17-14(23)6-10(21)7-15(17)24/h1-7H,8H2,(H2,25,26). The molecule has 0 spiro atoms. The fourth-order valence-electron chi connectivity index (χ4n) is 2.26. The molecule has 11 heteroatoms. The summed E-state index contributed by atoms with van der Waals surface area (Å²) < 4.78 is 10.9. The first kappa shape index (κ1) is 22.6. The smallest absolute Gasteiger partial charge is 0.400 e. The molecule has 0 saturated heterocycles. The van der Waals surface area contributed by atoms with Crippen LogP contribution in [-0.2, 0) is 11.4 Å². The Morgan fingerprint density at radius 1 is 0.933 bits per heavy atom. The summed E-state index contributed by atoms with van der Waals surface area (Å²) in [7, 11) is 0. The minimum Gasteiger partial charge on any atom is -0.483 e. The Hall–Kier alpha value is -2.09. The van der Waals surface area contributed by atoms with E-state index in [1.807, 2.05) is 0 Å². The molecule has 0 aliphatic rings. The first-order chi connectivity index (χ1) is 14.2. The van der Waals surface area contributed by atoms with Crippen LogP contribution in [-0.4, -0.2) is 11.8 Å². The molecule has 156 valence electrons. The van der Waals surface area contributed by atoms with E-state index in [9.17, 15) is 4.79 Å². The zero-order valence-electron chi connectivity index (χ0n) is 14.8. The van der Waals surface area contributed by atoms with Gasteiger partial charge in [0.25, 0.3) is 0 Å². The zero-order chi connectivity index (χ0) is 21.8. The van der Waals surface area contributed by atoms with Crippen molar-refractivity contribution in [3.63, 3.8) is 0 Å². The Morgan fingerprint density at radius 2 is 1.60 bits per heavy atom. The van der Waals surface area contributed by atoms with Crippen molar-refractivity contribution in [2.75, 3.05) is 0 Å². The molecule has 3 aromatic rings. The average Bonchev–Trinajstić information content (AvgIpc) is 3.14. The lowest BCUT2D eigenvalue weighted by Crippen LogP contribution is -2.15. The number of oxime groups is 1. The molecule has 2 N–H and O–H groups in total.